The fraction of sp³-hybridized carbons (Fsp3) is 0.556. The van der Waals surface area contributed by atoms with Crippen LogP contribution in [0.1, 0.15) is 56.7 Å². The maximum atomic E-state index is 12.7. The molecule has 0 unspecified atom stereocenters. The van der Waals surface area contributed by atoms with E-state index in [1.807, 2.05) is 24.3 Å². The van der Waals surface area contributed by atoms with Crippen LogP contribution in [0.4, 0.5) is 0 Å². The molecule has 0 spiro atoms. The minimum atomic E-state index is 0.181. The predicted octanol–water partition coefficient (Wildman–Crippen LogP) is 4.67. The topological polar surface area (TPSA) is 34.9 Å². The van der Waals surface area contributed by atoms with E-state index in [0.29, 0.717) is 0 Å². The number of carbonyl (C=O) groups is 1. The number of para-hydroxylation sites is 2. The standard InChI is InChI=1S/C18H24N2O/c1-2-3-6-14-9-11-15(12-10-14)18(21)20-13-19-16-7-4-5-8-17(16)20/h4-5,7-8,13-15H,2-3,6,9-12H2,1H3. The monoisotopic (exact) mass is 284 g/mol. The van der Waals surface area contributed by atoms with Gasteiger partial charge in [0.2, 0.25) is 5.91 Å². The van der Waals surface area contributed by atoms with Crippen LogP contribution in [-0.4, -0.2) is 15.5 Å². The minimum Gasteiger partial charge on any atom is -0.274 e. The van der Waals surface area contributed by atoms with Crippen LogP contribution in [0.2, 0.25) is 0 Å². The molecule has 3 nitrogen and oxygen atoms in total. The van der Waals surface area contributed by atoms with Crippen molar-refractivity contribution >= 4 is 16.9 Å². The van der Waals surface area contributed by atoms with Crippen molar-refractivity contribution in [3.63, 3.8) is 0 Å². The lowest BCUT2D eigenvalue weighted by Crippen LogP contribution is -2.26. The highest BCUT2D eigenvalue weighted by Gasteiger charge is 2.27. The number of imidazole rings is 1. The van der Waals surface area contributed by atoms with Gasteiger partial charge in [-0.3, -0.25) is 9.36 Å². The number of nitrogens with zero attached hydrogens (tertiary/aromatic N) is 2. The molecule has 3 rings (SSSR count). The van der Waals surface area contributed by atoms with Gasteiger partial charge in [0.05, 0.1) is 11.0 Å². The van der Waals surface area contributed by atoms with Crippen LogP contribution in [0.25, 0.3) is 11.0 Å². The molecule has 0 amide bonds. The summed E-state index contributed by atoms with van der Waals surface area (Å²) < 4.78 is 1.76. The second-order valence-electron chi connectivity index (χ2n) is 6.30. The molecule has 2 aromatic rings. The van der Waals surface area contributed by atoms with Crippen molar-refractivity contribution in [2.24, 2.45) is 11.8 Å². The quantitative estimate of drug-likeness (QED) is 0.817. The summed E-state index contributed by atoms with van der Waals surface area (Å²) >= 11 is 0. The van der Waals surface area contributed by atoms with E-state index in [2.05, 4.69) is 11.9 Å². The fourth-order valence-corrected chi connectivity index (χ4v) is 3.52. The molecule has 1 aliphatic carbocycles. The average Bonchev–Trinajstić information content (AvgIpc) is 2.97. The van der Waals surface area contributed by atoms with Gasteiger partial charge in [-0.1, -0.05) is 38.3 Å². The van der Waals surface area contributed by atoms with Crippen LogP contribution < -0.4 is 0 Å². The summed E-state index contributed by atoms with van der Waals surface area (Å²) in [5.41, 5.74) is 1.85. The summed E-state index contributed by atoms with van der Waals surface area (Å²) in [5.74, 6) is 1.26. The third-order valence-corrected chi connectivity index (χ3v) is 4.85. The first kappa shape index (κ1) is 14.3. The zero-order valence-corrected chi connectivity index (χ0v) is 12.8. The van der Waals surface area contributed by atoms with E-state index in [4.69, 9.17) is 0 Å². The smallest absolute Gasteiger partial charge is 0.235 e. The number of rotatable bonds is 4. The number of benzene rings is 1. The second-order valence-corrected chi connectivity index (χ2v) is 6.30. The molecule has 21 heavy (non-hydrogen) atoms. The van der Waals surface area contributed by atoms with Crippen molar-refractivity contribution in [1.29, 1.82) is 0 Å². The predicted molar refractivity (Wildman–Crippen MR) is 85.3 cm³/mol. The number of aromatic nitrogens is 2. The summed E-state index contributed by atoms with van der Waals surface area (Å²) in [6.07, 6.45) is 10.1. The van der Waals surface area contributed by atoms with Gasteiger partial charge in [0.1, 0.15) is 6.33 Å². The molecule has 0 atom stereocenters. The van der Waals surface area contributed by atoms with Crippen molar-refractivity contribution in [3.8, 4) is 0 Å². The first-order valence-corrected chi connectivity index (χ1v) is 8.26. The Morgan fingerprint density at radius 2 is 2.00 bits per heavy atom. The van der Waals surface area contributed by atoms with E-state index in [1.54, 1.807) is 10.9 Å². The van der Waals surface area contributed by atoms with Gasteiger partial charge in [-0.05, 0) is 43.7 Å². The van der Waals surface area contributed by atoms with E-state index in [1.165, 1.54) is 32.1 Å². The number of hydrogen-bond acceptors (Lipinski definition) is 2. The lowest BCUT2D eigenvalue weighted by Gasteiger charge is -2.27. The molecule has 0 bridgehead atoms. The maximum Gasteiger partial charge on any atom is 0.235 e. The van der Waals surface area contributed by atoms with E-state index in [-0.39, 0.29) is 11.8 Å². The molecule has 0 aliphatic heterocycles. The van der Waals surface area contributed by atoms with Gasteiger partial charge in [0, 0.05) is 5.92 Å². The fourth-order valence-electron chi connectivity index (χ4n) is 3.52. The van der Waals surface area contributed by atoms with Gasteiger partial charge < -0.3 is 0 Å². The van der Waals surface area contributed by atoms with Crippen molar-refractivity contribution < 1.29 is 4.79 Å². The number of unbranched alkanes of at least 4 members (excludes halogenated alkanes) is 1. The Labute approximate surface area is 126 Å². The highest BCUT2D eigenvalue weighted by molar-refractivity contribution is 5.91. The average molecular weight is 284 g/mol. The molecule has 3 heteroatoms. The van der Waals surface area contributed by atoms with Crippen molar-refractivity contribution in [3.05, 3.63) is 30.6 Å². The van der Waals surface area contributed by atoms with Crippen molar-refractivity contribution in [2.75, 3.05) is 0 Å². The van der Waals surface area contributed by atoms with Crippen molar-refractivity contribution in [1.82, 2.24) is 9.55 Å². The number of fused-ring (bicyclic) bond motifs is 1. The molecular weight excluding hydrogens is 260 g/mol. The van der Waals surface area contributed by atoms with Crippen LogP contribution >= 0.6 is 0 Å². The Morgan fingerprint density at radius 1 is 1.24 bits per heavy atom. The highest BCUT2D eigenvalue weighted by Crippen LogP contribution is 2.33. The van der Waals surface area contributed by atoms with Crippen LogP contribution in [-0.2, 0) is 0 Å². The lowest BCUT2D eigenvalue weighted by atomic mass is 9.79. The van der Waals surface area contributed by atoms with Gasteiger partial charge in [-0.15, -0.1) is 0 Å². The van der Waals surface area contributed by atoms with Crippen molar-refractivity contribution in [2.45, 2.75) is 51.9 Å². The Bertz CT molecular complexity index is 608. The Balaban J connectivity index is 1.67. The summed E-state index contributed by atoms with van der Waals surface area (Å²) in [7, 11) is 0. The first-order valence-electron chi connectivity index (χ1n) is 8.26. The zero-order chi connectivity index (χ0) is 14.7. The van der Waals surface area contributed by atoms with E-state index < -0.39 is 0 Å². The SMILES string of the molecule is CCCCC1CCC(C(=O)n2cnc3ccccc32)CC1. The normalized spacial score (nSPS) is 22.5. The molecule has 0 saturated heterocycles. The van der Waals surface area contributed by atoms with E-state index in [9.17, 15) is 4.79 Å². The maximum absolute atomic E-state index is 12.7. The Morgan fingerprint density at radius 3 is 2.76 bits per heavy atom. The molecule has 112 valence electrons. The van der Waals surface area contributed by atoms with Crippen LogP contribution in [0.15, 0.2) is 30.6 Å². The molecule has 1 heterocycles. The number of carbonyl (C=O) groups excluding carboxylic acids is 1. The summed E-state index contributed by atoms with van der Waals surface area (Å²) in [6, 6.07) is 7.87. The Kier molecular flexibility index (Phi) is 4.37. The third-order valence-electron chi connectivity index (χ3n) is 4.85. The number of hydrogen-bond donors (Lipinski definition) is 0. The molecular formula is C18H24N2O. The molecule has 0 N–H and O–H groups in total. The highest BCUT2D eigenvalue weighted by atomic mass is 16.2. The van der Waals surface area contributed by atoms with Gasteiger partial charge >= 0.3 is 0 Å². The summed E-state index contributed by atoms with van der Waals surface area (Å²) in [6.45, 7) is 2.25. The summed E-state index contributed by atoms with van der Waals surface area (Å²) in [5, 5.41) is 0. The first-order chi connectivity index (χ1) is 10.3. The lowest BCUT2D eigenvalue weighted by molar-refractivity contribution is 0.0786. The van der Waals surface area contributed by atoms with E-state index >= 15 is 0 Å². The van der Waals surface area contributed by atoms with Gasteiger partial charge in [-0.2, -0.15) is 0 Å². The zero-order valence-electron chi connectivity index (χ0n) is 12.8. The van der Waals surface area contributed by atoms with Crippen LogP contribution in [0, 0.1) is 11.8 Å². The molecule has 1 fully saturated rings. The van der Waals surface area contributed by atoms with Gasteiger partial charge in [0.15, 0.2) is 0 Å². The van der Waals surface area contributed by atoms with E-state index in [0.717, 1.165) is 29.8 Å². The van der Waals surface area contributed by atoms with Crippen LogP contribution in [0.5, 0.6) is 0 Å². The Hall–Kier alpha value is -1.64. The summed E-state index contributed by atoms with van der Waals surface area (Å²) in [4.78, 5) is 17.1. The third kappa shape index (κ3) is 3.02. The molecule has 0 radical (unpaired) electrons. The largest absolute Gasteiger partial charge is 0.274 e. The molecule has 1 aromatic heterocycles. The molecule has 1 saturated carbocycles. The molecule has 1 aliphatic rings. The second kappa shape index (κ2) is 6.42. The van der Waals surface area contributed by atoms with Gasteiger partial charge in [-0.25, -0.2) is 4.98 Å². The molecule has 1 aromatic carbocycles. The minimum absolute atomic E-state index is 0.181. The van der Waals surface area contributed by atoms with Crippen LogP contribution in [0.3, 0.4) is 0 Å². The van der Waals surface area contributed by atoms with Gasteiger partial charge in [0.25, 0.3) is 0 Å².